The van der Waals surface area contributed by atoms with Crippen LogP contribution < -0.4 is 10.2 Å². The second kappa shape index (κ2) is 5.47. The van der Waals surface area contributed by atoms with Gasteiger partial charge in [-0.05, 0) is 27.0 Å². The lowest BCUT2D eigenvalue weighted by atomic mass is 10.1. The van der Waals surface area contributed by atoms with Crippen molar-refractivity contribution >= 4 is 5.82 Å². The third-order valence-corrected chi connectivity index (χ3v) is 3.36. The van der Waals surface area contributed by atoms with Gasteiger partial charge in [-0.1, -0.05) is 6.07 Å². The first kappa shape index (κ1) is 12.3. The molecule has 2 unspecified atom stereocenters. The molecule has 1 saturated heterocycles. The third kappa shape index (κ3) is 2.58. The number of rotatable bonds is 3. The van der Waals surface area contributed by atoms with Gasteiger partial charge in [0.25, 0.3) is 0 Å². The van der Waals surface area contributed by atoms with Crippen LogP contribution in [0.3, 0.4) is 0 Å². The SMILES string of the molecule is CNC(C)c1cccnc1N1CCOCC1C. The van der Waals surface area contributed by atoms with Gasteiger partial charge in [0, 0.05) is 24.3 Å². The summed E-state index contributed by atoms with van der Waals surface area (Å²) in [6.45, 7) is 6.83. The van der Waals surface area contributed by atoms with E-state index in [-0.39, 0.29) is 0 Å². The minimum absolute atomic E-state index is 0.314. The fraction of sp³-hybridized carbons (Fsp3) is 0.615. The Kier molecular flexibility index (Phi) is 3.97. The van der Waals surface area contributed by atoms with Crippen LogP contribution in [0, 0.1) is 0 Å². The van der Waals surface area contributed by atoms with Gasteiger partial charge in [-0.3, -0.25) is 0 Å². The molecule has 2 rings (SSSR count). The zero-order valence-corrected chi connectivity index (χ0v) is 10.8. The van der Waals surface area contributed by atoms with E-state index in [4.69, 9.17) is 4.74 Å². The first-order valence-electron chi connectivity index (χ1n) is 6.20. The number of nitrogens with one attached hydrogen (secondary N) is 1. The Bertz CT molecular complexity index is 369. The summed E-state index contributed by atoms with van der Waals surface area (Å²) in [5.74, 6) is 1.09. The van der Waals surface area contributed by atoms with Gasteiger partial charge < -0.3 is 15.0 Å². The average molecular weight is 235 g/mol. The molecule has 2 heterocycles. The summed E-state index contributed by atoms with van der Waals surface area (Å²) in [5.41, 5.74) is 1.25. The molecule has 1 N–H and O–H groups in total. The highest BCUT2D eigenvalue weighted by atomic mass is 16.5. The van der Waals surface area contributed by atoms with Gasteiger partial charge in [0.05, 0.1) is 19.3 Å². The topological polar surface area (TPSA) is 37.4 Å². The van der Waals surface area contributed by atoms with Crippen LogP contribution in [0.1, 0.15) is 25.5 Å². The van der Waals surface area contributed by atoms with Crippen molar-refractivity contribution in [2.24, 2.45) is 0 Å². The molecule has 17 heavy (non-hydrogen) atoms. The maximum atomic E-state index is 5.48. The average Bonchev–Trinajstić information content (AvgIpc) is 2.38. The normalized spacial score (nSPS) is 22.5. The van der Waals surface area contributed by atoms with Gasteiger partial charge in [0.2, 0.25) is 0 Å². The molecule has 0 aliphatic carbocycles. The molecule has 1 aliphatic heterocycles. The fourth-order valence-corrected chi connectivity index (χ4v) is 2.18. The quantitative estimate of drug-likeness (QED) is 0.863. The Morgan fingerprint density at radius 1 is 1.59 bits per heavy atom. The van der Waals surface area contributed by atoms with Crippen molar-refractivity contribution in [2.75, 3.05) is 31.7 Å². The minimum Gasteiger partial charge on any atom is -0.377 e. The van der Waals surface area contributed by atoms with E-state index in [2.05, 4.69) is 35.1 Å². The van der Waals surface area contributed by atoms with Gasteiger partial charge in [-0.25, -0.2) is 4.98 Å². The Morgan fingerprint density at radius 2 is 2.41 bits per heavy atom. The summed E-state index contributed by atoms with van der Waals surface area (Å²) < 4.78 is 5.48. The summed E-state index contributed by atoms with van der Waals surface area (Å²) in [7, 11) is 1.98. The van der Waals surface area contributed by atoms with Crippen molar-refractivity contribution in [1.29, 1.82) is 0 Å². The molecule has 1 fully saturated rings. The molecule has 0 saturated carbocycles. The van der Waals surface area contributed by atoms with Crippen molar-refractivity contribution in [2.45, 2.75) is 25.9 Å². The maximum Gasteiger partial charge on any atom is 0.133 e. The second-order valence-corrected chi connectivity index (χ2v) is 4.54. The Hall–Kier alpha value is -1.13. The van der Waals surface area contributed by atoms with Crippen molar-refractivity contribution in [3.8, 4) is 0 Å². The number of pyridine rings is 1. The number of nitrogens with zero attached hydrogens (tertiary/aromatic N) is 2. The first-order valence-corrected chi connectivity index (χ1v) is 6.20. The molecule has 0 aromatic carbocycles. The highest BCUT2D eigenvalue weighted by molar-refractivity contribution is 5.49. The molecule has 0 bridgehead atoms. The monoisotopic (exact) mass is 235 g/mol. The molecular formula is C13H21N3O. The molecule has 0 amide bonds. The van der Waals surface area contributed by atoms with Gasteiger partial charge in [-0.15, -0.1) is 0 Å². The predicted octanol–water partition coefficient (Wildman–Crippen LogP) is 1.59. The van der Waals surface area contributed by atoms with Crippen molar-refractivity contribution in [1.82, 2.24) is 10.3 Å². The minimum atomic E-state index is 0.314. The zero-order valence-electron chi connectivity index (χ0n) is 10.8. The molecule has 0 spiro atoms. The fourth-order valence-electron chi connectivity index (χ4n) is 2.18. The van der Waals surface area contributed by atoms with Crippen LogP contribution in [0.5, 0.6) is 0 Å². The van der Waals surface area contributed by atoms with Gasteiger partial charge >= 0.3 is 0 Å². The molecule has 0 radical (unpaired) electrons. The highest BCUT2D eigenvalue weighted by Crippen LogP contribution is 2.26. The first-order chi connectivity index (χ1) is 8.24. The van der Waals surface area contributed by atoms with Crippen molar-refractivity contribution < 1.29 is 4.74 Å². The predicted molar refractivity (Wildman–Crippen MR) is 69.3 cm³/mol. The number of hydrogen-bond acceptors (Lipinski definition) is 4. The van der Waals surface area contributed by atoms with E-state index in [1.807, 2.05) is 19.3 Å². The number of ether oxygens (including phenoxy) is 1. The number of aromatic nitrogens is 1. The summed E-state index contributed by atoms with van der Waals surface area (Å²) in [4.78, 5) is 6.89. The number of anilines is 1. The van der Waals surface area contributed by atoms with Crippen LogP contribution in [0.25, 0.3) is 0 Å². The van der Waals surface area contributed by atoms with Crippen LogP contribution in [0.2, 0.25) is 0 Å². The van der Waals surface area contributed by atoms with Crippen LogP contribution in [0.4, 0.5) is 5.82 Å². The molecule has 2 atom stereocenters. The van der Waals surface area contributed by atoms with E-state index in [0.717, 1.165) is 25.6 Å². The van der Waals surface area contributed by atoms with E-state index in [1.165, 1.54) is 5.56 Å². The summed E-state index contributed by atoms with van der Waals surface area (Å²) in [6.07, 6.45) is 1.86. The van der Waals surface area contributed by atoms with Gasteiger partial charge in [-0.2, -0.15) is 0 Å². The number of hydrogen-bond donors (Lipinski definition) is 1. The molecular weight excluding hydrogens is 214 g/mol. The maximum absolute atomic E-state index is 5.48. The van der Waals surface area contributed by atoms with Crippen LogP contribution in [-0.4, -0.2) is 37.8 Å². The molecule has 4 nitrogen and oxygen atoms in total. The van der Waals surface area contributed by atoms with E-state index in [1.54, 1.807) is 0 Å². The second-order valence-electron chi connectivity index (χ2n) is 4.54. The van der Waals surface area contributed by atoms with E-state index < -0.39 is 0 Å². The third-order valence-electron chi connectivity index (χ3n) is 3.36. The Morgan fingerprint density at radius 3 is 3.12 bits per heavy atom. The smallest absolute Gasteiger partial charge is 0.133 e. The lowest BCUT2D eigenvalue weighted by Crippen LogP contribution is -2.44. The lowest BCUT2D eigenvalue weighted by molar-refractivity contribution is 0.0984. The molecule has 94 valence electrons. The summed E-state index contributed by atoms with van der Waals surface area (Å²) >= 11 is 0. The van der Waals surface area contributed by atoms with Crippen molar-refractivity contribution in [3.05, 3.63) is 23.9 Å². The van der Waals surface area contributed by atoms with E-state index in [9.17, 15) is 0 Å². The zero-order chi connectivity index (χ0) is 12.3. The highest BCUT2D eigenvalue weighted by Gasteiger charge is 2.23. The molecule has 4 heteroatoms. The molecule has 1 aliphatic rings. The van der Waals surface area contributed by atoms with Gasteiger partial charge in [0.15, 0.2) is 0 Å². The summed E-state index contributed by atoms with van der Waals surface area (Å²) in [5, 5.41) is 3.28. The van der Waals surface area contributed by atoms with E-state index in [0.29, 0.717) is 12.1 Å². The lowest BCUT2D eigenvalue weighted by Gasteiger charge is -2.36. The van der Waals surface area contributed by atoms with Crippen molar-refractivity contribution in [3.63, 3.8) is 0 Å². The van der Waals surface area contributed by atoms with Crippen LogP contribution in [0.15, 0.2) is 18.3 Å². The molecule has 1 aromatic rings. The Labute approximate surface area is 103 Å². The standard InChI is InChI=1S/C13H21N3O/c1-10-9-17-8-7-16(10)13-12(11(2)14-3)5-4-6-15-13/h4-6,10-11,14H,7-9H2,1-3H3. The molecule has 1 aromatic heterocycles. The van der Waals surface area contributed by atoms with Gasteiger partial charge in [0.1, 0.15) is 5.82 Å². The Balaban J connectivity index is 2.30. The van der Waals surface area contributed by atoms with E-state index >= 15 is 0 Å². The van der Waals surface area contributed by atoms with Crippen LogP contribution >= 0.6 is 0 Å². The van der Waals surface area contributed by atoms with Crippen LogP contribution in [-0.2, 0) is 4.74 Å². The largest absolute Gasteiger partial charge is 0.377 e. The summed E-state index contributed by atoms with van der Waals surface area (Å²) in [6, 6.07) is 4.85. The number of morpholine rings is 1.